The van der Waals surface area contributed by atoms with Crippen LogP contribution in [0.25, 0.3) is 0 Å². The molecule has 7 heteroatoms. The lowest BCUT2D eigenvalue weighted by Gasteiger charge is -2.32. The Bertz CT molecular complexity index is 621. The van der Waals surface area contributed by atoms with Gasteiger partial charge in [-0.25, -0.2) is 8.42 Å². The van der Waals surface area contributed by atoms with Gasteiger partial charge >= 0.3 is 7.12 Å². The van der Waals surface area contributed by atoms with Gasteiger partial charge in [0.15, 0.2) is 9.84 Å². The van der Waals surface area contributed by atoms with Crippen LogP contribution in [0, 0.1) is 0 Å². The van der Waals surface area contributed by atoms with Gasteiger partial charge in [-0.1, -0.05) is 24.3 Å². The number of sulfone groups is 1. The summed E-state index contributed by atoms with van der Waals surface area (Å²) < 4.78 is 40.7. The molecule has 0 amide bonds. The number of methoxy groups -OCH3 is 1. The van der Waals surface area contributed by atoms with Gasteiger partial charge in [0, 0.05) is 7.11 Å². The first-order valence-corrected chi connectivity index (χ1v) is 9.52. The summed E-state index contributed by atoms with van der Waals surface area (Å²) in [5, 5.41) is 0. The quantitative estimate of drug-likeness (QED) is 0.736. The highest BCUT2D eigenvalue weighted by atomic mass is 32.2. The van der Waals surface area contributed by atoms with Crippen molar-refractivity contribution in [1.82, 2.24) is 0 Å². The highest BCUT2D eigenvalue weighted by Crippen LogP contribution is 2.36. The van der Waals surface area contributed by atoms with Crippen molar-refractivity contribution >= 4 is 22.4 Å². The van der Waals surface area contributed by atoms with Crippen LogP contribution in [0.15, 0.2) is 24.3 Å². The van der Waals surface area contributed by atoms with E-state index in [0.717, 1.165) is 11.0 Å². The summed E-state index contributed by atoms with van der Waals surface area (Å²) in [6.45, 7) is 8.23. The lowest BCUT2D eigenvalue weighted by molar-refractivity contribution is 0.00578. The summed E-state index contributed by atoms with van der Waals surface area (Å²) in [5.74, 6) is 0.0441. The van der Waals surface area contributed by atoms with Gasteiger partial charge in [0.2, 0.25) is 0 Å². The normalized spacial score (nSPS) is 20.0. The third-order valence-corrected chi connectivity index (χ3v) is 6.05. The topological polar surface area (TPSA) is 61.8 Å². The van der Waals surface area contributed by atoms with E-state index in [1.807, 2.05) is 52.0 Å². The van der Waals surface area contributed by atoms with Crippen molar-refractivity contribution in [2.24, 2.45) is 0 Å². The Morgan fingerprint density at radius 1 is 1.04 bits per heavy atom. The average molecular weight is 340 g/mol. The molecule has 0 aromatic heterocycles. The van der Waals surface area contributed by atoms with Gasteiger partial charge in [-0.05, 0) is 38.7 Å². The molecular formula is C16H25BO5S. The number of hydrogen-bond acceptors (Lipinski definition) is 5. The predicted molar refractivity (Wildman–Crippen MR) is 91.5 cm³/mol. The summed E-state index contributed by atoms with van der Waals surface area (Å²) in [4.78, 5) is 0. The fourth-order valence-corrected chi connectivity index (χ4v) is 3.55. The summed E-state index contributed by atoms with van der Waals surface area (Å²) in [6, 6.07) is 7.35. The van der Waals surface area contributed by atoms with E-state index in [1.165, 1.54) is 7.11 Å². The van der Waals surface area contributed by atoms with Crippen LogP contribution in [0.2, 0.25) is 0 Å². The minimum Gasteiger partial charge on any atom is -0.399 e. The summed E-state index contributed by atoms with van der Waals surface area (Å²) in [5.41, 5.74) is 0.864. The maximum Gasteiger partial charge on any atom is 0.494 e. The van der Waals surface area contributed by atoms with Crippen molar-refractivity contribution in [3.8, 4) is 0 Å². The summed E-state index contributed by atoms with van der Waals surface area (Å²) in [6.07, 6.45) is 0. The molecule has 23 heavy (non-hydrogen) atoms. The summed E-state index contributed by atoms with van der Waals surface area (Å²) in [7, 11) is -2.09. The number of benzene rings is 1. The summed E-state index contributed by atoms with van der Waals surface area (Å²) >= 11 is 0. The van der Waals surface area contributed by atoms with E-state index in [-0.39, 0.29) is 29.3 Å². The van der Waals surface area contributed by atoms with Crippen molar-refractivity contribution < 1.29 is 22.5 Å². The maximum absolute atomic E-state index is 11.9. The fourth-order valence-electron chi connectivity index (χ4n) is 2.29. The minimum absolute atomic E-state index is 0.0139. The molecule has 1 aliphatic rings. The van der Waals surface area contributed by atoms with Crippen molar-refractivity contribution in [1.29, 1.82) is 0 Å². The average Bonchev–Trinajstić information content (AvgIpc) is 2.66. The van der Waals surface area contributed by atoms with Gasteiger partial charge in [0.05, 0.1) is 29.3 Å². The van der Waals surface area contributed by atoms with Gasteiger partial charge in [-0.2, -0.15) is 0 Å². The minimum atomic E-state index is -3.15. The smallest absolute Gasteiger partial charge is 0.399 e. The molecule has 0 aliphatic carbocycles. The van der Waals surface area contributed by atoms with E-state index >= 15 is 0 Å². The van der Waals surface area contributed by atoms with E-state index in [0.29, 0.717) is 0 Å². The molecule has 1 aromatic carbocycles. The van der Waals surface area contributed by atoms with E-state index in [2.05, 4.69) is 0 Å². The van der Waals surface area contributed by atoms with Gasteiger partial charge in [0.1, 0.15) is 0 Å². The molecule has 1 aromatic rings. The highest BCUT2D eigenvalue weighted by molar-refractivity contribution is 7.90. The van der Waals surface area contributed by atoms with Crippen molar-refractivity contribution in [2.75, 3.05) is 19.5 Å². The molecule has 0 spiro atoms. The number of rotatable bonds is 6. The third kappa shape index (κ3) is 4.35. The Labute approximate surface area is 139 Å². The molecule has 128 valence electrons. The van der Waals surface area contributed by atoms with Crippen LogP contribution in [0.1, 0.15) is 33.3 Å². The number of ether oxygens (including phenoxy) is 1. The van der Waals surface area contributed by atoms with Gasteiger partial charge in [0.25, 0.3) is 0 Å². The first-order valence-electron chi connectivity index (χ1n) is 7.70. The van der Waals surface area contributed by atoms with Crippen molar-refractivity contribution in [3.05, 3.63) is 29.8 Å². The molecule has 0 radical (unpaired) electrons. The molecule has 0 atom stereocenters. The zero-order valence-corrected chi connectivity index (χ0v) is 15.3. The Balaban J connectivity index is 2.06. The SMILES string of the molecule is COCCS(=O)(=O)Cc1ccc(B2OC(C)(C)C(C)(C)O2)cc1. The van der Waals surface area contributed by atoms with Crippen LogP contribution >= 0.6 is 0 Å². The molecule has 0 bridgehead atoms. The Hall–Kier alpha value is -0.885. The Morgan fingerprint density at radius 3 is 2.04 bits per heavy atom. The largest absolute Gasteiger partial charge is 0.494 e. The van der Waals surface area contributed by atoms with Crippen LogP contribution in [0.4, 0.5) is 0 Å². The molecule has 0 saturated carbocycles. The van der Waals surface area contributed by atoms with Crippen LogP contribution in [0.3, 0.4) is 0 Å². The van der Waals surface area contributed by atoms with Crippen LogP contribution in [-0.2, 0) is 29.6 Å². The van der Waals surface area contributed by atoms with E-state index < -0.39 is 17.0 Å². The highest BCUT2D eigenvalue weighted by Gasteiger charge is 2.51. The molecule has 1 fully saturated rings. The zero-order chi connectivity index (χ0) is 17.3. The second kappa shape index (κ2) is 6.55. The van der Waals surface area contributed by atoms with Crippen LogP contribution in [0.5, 0.6) is 0 Å². The Kier molecular flexibility index (Phi) is 5.26. The van der Waals surface area contributed by atoms with Crippen molar-refractivity contribution in [3.63, 3.8) is 0 Å². The fraction of sp³-hybridized carbons (Fsp3) is 0.625. The van der Waals surface area contributed by atoms with Crippen LogP contribution in [-0.4, -0.2) is 46.2 Å². The molecule has 2 rings (SSSR count). The molecule has 1 heterocycles. The second-order valence-electron chi connectivity index (χ2n) is 6.91. The number of hydrogen-bond donors (Lipinski definition) is 0. The first-order chi connectivity index (χ1) is 10.6. The van der Waals surface area contributed by atoms with E-state index in [1.54, 1.807) is 0 Å². The van der Waals surface area contributed by atoms with E-state index in [9.17, 15) is 8.42 Å². The molecule has 1 saturated heterocycles. The molecule has 0 N–H and O–H groups in total. The van der Waals surface area contributed by atoms with Crippen LogP contribution < -0.4 is 5.46 Å². The van der Waals surface area contributed by atoms with Gasteiger partial charge < -0.3 is 14.0 Å². The molecular weight excluding hydrogens is 315 g/mol. The zero-order valence-electron chi connectivity index (χ0n) is 14.5. The lowest BCUT2D eigenvalue weighted by atomic mass is 9.79. The second-order valence-corrected chi connectivity index (χ2v) is 9.10. The maximum atomic E-state index is 11.9. The monoisotopic (exact) mass is 340 g/mol. The molecule has 0 unspecified atom stereocenters. The van der Waals surface area contributed by atoms with Gasteiger partial charge in [-0.15, -0.1) is 0 Å². The standard InChI is InChI=1S/C16H25BO5S/c1-15(2)16(3,4)22-17(21-15)14-8-6-13(7-9-14)12-23(18,19)11-10-20-5/h6-9H,10-12H2,1-5H3. The van der Waals surface area contributed by atoms with E-state index in [4.69, 9.17) is 14.0 Å². The molecule has 1 aliphatic heterocycles. The molecule has 5 nitrogen and oxygen atoms in total. The predicted octanol–water partition coefficient (Wildman–Crippen LogP) is 1.55. The van der Waals surface area contributed by atoms with Gasteiger partial charge in [-0.3, -0.25) is 0 Å². The first kappa shape index (κ1) is 18.5. The Morgan fingerprint density at radius 2 is 1.57 bits per heavy atom. The van der Waals surface area contributed by atoms with Crippen molar-refractivity contribution in [2.45, 2.75) is 44.6 Å². The third-order valence-electron chi connectivity index (χ3n) is 4.49. The lowest BCUT2D eigenvalue weighted by Crippen LogP contribution is -2.41.